The number of likely N-dealkylation sites (tertiary alicyclic amines) is 1. The van der Waals surface area contributed by atoms with Gasteiger partial charge in [0.15, 0.2) is 5.65 Å². The van der Waals surface area contributed by atoms with Crippen LogP contribution in [0.5, 0.6) is 0 Å². The van der Waals surface area contributed by atoms with Gasteiger partial charge in [-0.15, -0.1) is 0 Å². The maximum Gasteiger partial charge on any atom is 0.393 e. The van der Waals surface area contributed by atoms with Crippen molar-refractivity contribution in [3.8, 4) is 17.3 Å². The van der Waals surface area contributed by atoms with Crippen molar-refractivity contribution >= 4 is 11.2 Å². The Labute approximate surface area is 202 Å². The molecule has 1 saturated heterocycles. The second kappa shape index (κ2) is 9.15. The van der Waals surface area contributed by atoms with Gasteiger partial charge in [-0.1, -0.05) is 26.8 Å². The number of aromatic nitrogens is 3. The Morgan fingerprint density at radius 3 is 2.57 bits per heavy atom. The van der Waals surface area contributed by atoms with Gasteiger partial charge in [0.1, 0.15) is 0 Å². The molecule has 0 spiro atoms. The molecule has 2 aromatic heterocycles. The van der Waals surface area contributed by atoms with E-state index in [1.165, 1.54) is 4.57 Å². The van der Waals surface area contributed by atoms with Crippen LogP contribution < -0.4 is 5.69 Å². The third kappa shape index (κ3) is 5.27. The first-order valence-corrected chi connectivity index (χ1v) is 11.8. The monoisotopic (exact) mass is 485 g/mol. The summed E-state index contributed by atoms with van der Waals surface area (Å²) >= 11 is 0. The van der Waals surface area contributed by atoms with Crippen LogP contribution in [0.3, 0.4) is 0 Å². The lowest BCUT2D eigenvalue weighted by Gasteiger charge is -2.33. The van der Waals surface area contributed by atoms with Crippen molar-refractivity contribution in [2.24, 2.45) is 18.4 Å². The molecule has 3 aromatic rings. The van der Waals surface area contributed by atoms with Crippen molar-refractivity contribution in [2.45, 2.75) is 52.9 Å². The summed E-state index contributed by atoms with van der Waals surface area (Å²) < 4.78 is 42.9. The normalized spacial score (nSPS) is 17.6. The lowest BCUT2D eigenvalue weighted by atomic mass is 9.96. The number of benzene rings is 1. The van der Waals surface area contributed by atoms with Crippen LogP contribution in [0, 0.1) is 22.7 Å². The Hall–Kier alpha value is -3.12. The van der Waals surface area contributed by atoms with Crippen LogP contribution in [0.2, 0.25) is 0 Å². The molecule has 0 N–H and O–H groups in total. The highest BCUT2D eigenvalue weighted by Gasteiger charge is 2.41. The zero-order valence-corrected chi connectivity index (χ0v) is 20.5. The summed E-state index contributed by atoms with van der Waals surface area (Å²) in [7, 11) is 1.68. The molecule has 35 heavy (non-hydrogen) atoms. The molecule has 186 valence electrons. The molecule has 1 unspecified atom stereocenters. The van der Waals surface area contributed by atoms with Gasteiger partial charge in [-0.3, -0.25) is 14.0 Å². The fourth-order valence-electron chi connectivity index (χ4n) is 4.77. The van der Waals surface area contributed by atoms with E-state index in [0.29, 0.717) is 48.5 Å². The maximum absolute atomic E-state index is 13.2. The van der Waals surface area contributed by atoms with E-state index in [9.17, 15) is 23.2 Å². The van der Waals surface area contributed by atoms with E-state index in [1.807, 2.05) is 17.0 Å². The van der Waals surface area contributed by atoms with Crippen LogP contribution in [0.25, 0.3) is 22.4 Å². The van der Waals surface area contributed by atoms with E-state index >= 15 is 0 Å². The van der Waals surface area contributed by atoms with Gasteiger partial charge in [0.2, 0.25) is 0 Å². The summed E-state index contributed by atoms with van der Waals surface area (Å²) in [5.74, 6) is -1.31. The van der Waals surface area contributed by atoms with Crippen LogP contribution in [-0.4, -0.2) is 38.3 Å². The molecular weight excluding hydrogens is 455 g/mol. The quantitative estimate of drug-likeness (QED) is 0.516. The Morgan fingerprint density at radius 2 is 1.91 bits per heavy atom. The minimum absolute atomic E-state index is 0.0214. The molecule has 4 rings (SSSR count). The van der Waals surface area contributed by atoms with Crippen LogP contribution >= 0.6 is 0 Å². The molecule has 6 nitrogen and oxygen atoms in total. The van der Waals surface area contributed by atoms with Crippen molar-refractivity contribution in [3.05, 3.63) is 51.9 Å². The minimum Gasteiger partial charge on any atom is -0.298 e. The summed E-state index contributed by atoms with van der Waals surface area (Å²) in [4.78, 5) is 19.4. The zero-order valence-electron chi connectivity index (χ0n) is 20.5. The van der Waals surface area contributed by atoms with Gasteiger partial charge in [-0.05, 0) is 54.6 Å². The van der Waals surface area contributed by atoms with E-state index in [2.05, 4.69) is 26.8 Å². The summed E-state index contributed by atoms with van der Waals surface area (Å²) in [6.07, 6.45) is -3.52. The van der Waals surface area contributed by atoms with Gasteiger partial charge in [-0.25, -0.2) is 9.78 Å². The number of piperidine rings is 1. The number of aryl methyl sites for hydroxylation is 1. The summed E-state index contributed by atoms with van der Waals surface area (Å²) in [5, 5.41) is 9.69. The summed E-state index contributed by atoms with van der Waals surface area (Å²) in [6.45, 7) is 7.67. The molecule has 1 atom stereocenters. The third-order valence-electron chi connectivity index (χ3n) is 6.47. The van der Waals surface area contributed by atoms with Crippen molar-refractivity contribution in [3.63, 3.8) is 0 Å². The minimum atomic E-state index is -4.19. The standard InChI is InChI=1S/C26H30F3N5O/c1-25(2,3)16-34-22-10-9-21(31-23(22)32(4)24(34)35)20-12-17(7-8-18(20)13-30)14-33-11-5-6-19(15-33)26(27,28)29/h7-10,12,19H,5-6,11,14-16H2,1-4H3. The van der Waals surface area contributed by atoms with E-state index in [0.717, 1.165) is 11.1 Å². The van der Waals surface area contributed by atoms with Crippen LogP contribution in [0.1, 0.15) is 44.7 Å². The Morgan fingerprint density at radius 1 is 1.17 bits per heavy atom. The van der Waals surface area contributed by atoms with Gasteiger partial charge in [0.05, 0.1) is 28.8 Å². The Kier molecular flexibility index (Phi) is 6.54. The maximum atomic E-state index is 13.2. The smallest absolute Gasteiger partial charge is 0.298 e. The van der Waals surface area contributed by atoms with Gasteiger partial charge in [-0.2, -0.15) is 18.4 Å². The fourth-order valence-corrected chi connectivity index (χ4v) is 4.77. The first-order chi connectivity index (χ1) is 16.4. The number of rotatable bonds is 4. The topological polar surface area (TPSA) is 66.8 Å². The highest BCUT2D eigenvalue weighted by Crippen LogP contribution is 2.34. The number of fused-ring (bicyclic) bond motifs is 1. The highest BCUT2D eigenvalue weighted by atomic mass is 19.4. The summed E-state index contributed by atoms with van der Waals surface area (Å²) in [5.41, 5.74) is 3.39. The van der Waals surface area contributed by atoms with Crippen LogP contribution in [-0.2, 0) is 20.1 Å². The average Bonchev–Trinajstić information content (AvgIpc) is 3.02. The zero-order chi connectivity index (χ0) is 25.5. The van der Waals surface area contributed by atoms with Gasteiger partial charge >= 0.3 is 11.9 Å². The SMILES string of the molecule is Cn1c(=O)n(CC(C)(C)C)c2ccc(-c3cc(CN4CCCC(C(F)(F)F)C4)ccc3C#N)nc21. The number of nitriles is 1. The molecule has 1 aromatic carbocycles. The molecule has 0 radical (unpaired) electrons. The van der Waals surface area contributed by atoms with Crippen molar-refractivity contribution in [2.75, 3.05) is 13.1 Å². The van der Waals surface area contributed by atoms with E-state index < -0.39 is 12.1 Å². The summed E-state index contributed by atoms with van der Waals surface area (Å²) in [6, 6.07) is 11.1. The largest absolute Gasteiger partial charge is 0.393 e. The molecule has 0 aliphatic carbocycles. The van der Waals surface area contributed by atoms with E-state index in [1.54, 1.807) is 29.8 Å². The number of nitrogens with zero attached hydrogens (tertiary/aromatic N) is 5. The first kappa shape index (κ1) is 25.0. The van der Waals surface area contributed by atoms with E-state index in [4.69, 9.17) is 4.98 Å². The lowest BCUT2D eigenvalue weighted by Crippen LogP contribution is -2.41. The first-order valence-electron chi connectivity index (χ1n) is 11.8. The van der Waals surface area contributed by atoms with Crippen LogP contribution in [0.15, 0.2) is 35.1 Å². The molecule has 0 amide bonds. The third-order valence-corrected chi connectivity index (χ3v) is 6.47. The molecule has 1 fully saturated rings. The number of alkyl halides is 3. The predicted octanol–water partition coefficient (Wildman–Crippen LogP) is 5.09. The average molecular weight is 486 g/mol. The van der Waals surface area contributed by atoms with Crippen LogP contribution in [0.4, 0.5) is 13.2 Å². The molecule has 0 bridgehead atoms. The molecule has 0 saturated carbocycles. The molecule has 9 heteroatoms. The number of pyridine rings is 1. The van der Waals surface area contributed by atoms with Gasteiger partial charge in [0, 0.05) is 32.2 Å². The number of hydrogen-bond acceptors (Lipinski definition) is 4. The van der Waals surface area contributed by atoms with Crippen molar-refractivity contribution in [1.82, 2.24) is 19.0 Å². The second-order valence-electron chi connectivity index (χ2n) is 10.6. The second-order valence-corrected chi connectivity index (χ2v) is 10.6. The molecule has 1 aliphatic rings. The highest BCUT2D eigenvalue weighted by molar-refractivity contribution is 5.78. The Balaban J connectivity index is 1.69. The van der Waals surface area contributed by atoms with Gasteiger partial charge in [0.25, 0.3) is 0 Å². The molecular formula is C26H30F3N5O. The molecule has 1 aliphatic heterocycles. The number of imidazole rings is 1. The molecule has 3 heterocycles. The van der Waals surface area contributed by atoms with Gasteiger partial charge < -0.3 is 0 Å². The Bertz CT molecular complexity index is 1340. The van der Waals surface area contributed by atoms with E-state index in [-0.39, 0.29) is 24.1 Å². The van der Waals surface area contributed by atoms with Crippen molar-refractivity contribution < 1.29 is 13.2 Å². The number of halogens is 3. The van der Waals surface area contributed by atoms with Crippen molar-refractivity contribution in [1.29, 1.82) is 5.26 Å². The fraction of sp³-hybridized carbons (Fsp3) is 0.500. The number of hydrogen-bond donors (Lipinski definition) is 0. The predicted molar refractivity (Wildman–Crippen MR) is 129 cm³/mol. The lowest BCUT2D eigenvalue weighted by molar-refractivity contribution is -0.187.